The van der Waals surface area contributed by atoms with Crippen molar-refractivity contribution < 1.29 is 14.5 Å². The van der Waals surface area contributed by atoms with Gasteiger partial charge in [0.2, 0.25) is 5.78 Å². The molecular weight excluding hydrogens is 424 g/mol. The molecule has 1 atom stereocenters. The Bertz CT molecular complexity index is 1310. The fourth-order valence-corrected chi connectivity index (χ4v) is 3.56. The zero-order valence-corrected chi connectivity index (χ0v) is 18.3. The average Bonchev–Trinajstić information content (AvgIpc) is 3.45. The summed E-state index contributed by atoms with van der Waals surface area (Å²) >= 11 is 0. The van der Waals surface area contributed by atoms with Crippen molar-refractivity contribution in [2.45, 2.75) is 6.04 Å². The molecule has 4 rings (SSSR count). The fraction of sp³-hybridized carbons (Fsp3) is 0.174. The first kappa shape index (κ1) is 21.8. The first-order valence-electron chi connectivity index (χ1n) is 10.1. The van der Waals surface area contributed by atoms with Gasteiger partial charge in [-0.3, -0.25) is 14.9 Å². The molecule has 10 heteroatoms. The summed E-state index contributed by atoms with van der Waals surface area (Å²) in [6, 6.07) is 11.2. The first-order valence-corrected chi connectivity index (χ1v) is 10.1. The SMILES string of the molecule is COc1ccc(C(Nc2ccc(C(=O)c3nccn3C)cc2[N+](=O)[O-])c2nccn2C)cc1. The van der Waals surface area contributed by atoms with E-state index in [1.54, 1.807) is 43.4 Å². The summed E-state index contributed by atoms with van der Waals surface area (Å²) in [5.41, 5.74) is 1.06. The Labute approximate surface area is 189 Å². The number of aromatic nitrogens is 4. The maximum absolute atomic E-state index is 12.8. The van der Waals surface area contributed by atoms with E-state index >= 15 is 0 Å². The molecule has 2 aromatic heterocycles. The van der Waals surface area contributed by atoms with Gasteiger partial charge in [0.05, 0.1) is 12.0 Å². The summed E-state index contributed by atoms with van der Waals surface area (Å²) in [5, 5.41) is 15.1. The number of hydrogen-bond donors (Lipinski definition) is 1. The van der Waals surface area contributed by atoms with Gasteiger partial charge in [-0.15, -0.1) is 0 Å². The number of imidazole rings is 2. The average molecular weight is 446 g/mol. The van der Waals surface area contributed by atoms with E-state index in [0.29, 0.717) is 11.6 Å². The van der Waals surface area contributed by atoms with Crippen molar-refractivity contribution in [3.8, 4) is 5.75 Å². The highest BCUT2D eigenvalue weighted by molar-refractivity contribution is 6.07. The van der Waals surface area contributed by atoms with Crippen LogP contribution in [0.25, 0.3) is 0 Å². The minimum Gasteiger partial charge on any atom is -0.497 e. The molecule has 168 valence electrons. The number of carbonyl (C=O) groups is 1. The lowest BCUT2D eigenvalue weighted by atomic mass is 10.0. The van der Waals surface area contributed by atoms with Gasteiger partial charge >= 0.3 is 0 Å². The van der Waals surface area contributed by atoms with Crippen LogP contribution in [0.15, 0.2) is 67.3 Å². The Balaban J connectivity index is 1.74. The van der Waals surface area contributed by atoms with E-state index in [-0.39, 0.29) is 22.8 Å². The number of ether oxygens (including phenoxy) is 1. The lowest BCUT2D eigenvalue weighted by Crippen LogP contribution is -2.18. The molecule has 0 saturated heterocycles. The number of nitro groups is 1. The molecule has 2 aromatic carbocycles. The van der Waals surface area contributed by atoms with Gasteiger partial charge in [-0.25, -0.2) is 9.97 Å². The van der Waals surface area contributed by atoms with Crippen LogP contribution in [0, 0.1) is 10.1 Å². The number of nitrogens with zero attached hydrogens (tertiary/aromatic N) is 5. The molecule has 1 unspecified atom stereocenters. The van der Waals surface area contributed by atoms with Gasteiger partial charge in [0.1, 0.15) is 23.3 Å². The van der Waals surface area contributed by atoms with Gasteiger partial charge < -0.3 is 19.2 Å². The van der Waals surface area contributed by atoms with Gasteiger partial charge in [-0.2, -0.15) is 0 Å². The number of rotatable bonds is 8. The Morgan fingerprint density at radius 2 is 1.76 bits per heavy atom. The number of hydrogen-bond acceptors (Lipinski definition) is 7. The maximum Gasteiger partial charge on any atom is 0.293 e. The Kier molecular flexibility index (Phi) is 5.90. The van der Waals surface area contributed by atoms with Gasteiger partial charge in [0, 0.05) is 50.5 Å². The highest BCUT2D eigenvalue weighted by Gasteiger charge is 2.25. The summed E-state index contributed by atoms with van der Waals surface area (Å²) in [4.78, 5) is 32.7. The number of aryl methyl sites for hydroxylation is 2. The summed E-state index contributed by atoms with van der Waals surface area (Å²) in [6.45, 7) is 0. The molecule has 1 N–H and O–H groups in total. The predicted octanol–water partition coefficient (Wildman–Crippen LogP) is 3.50. The van der Waals surface area contributed by atoms with Gasteiger partial charge in [-0.05, 0) is 29.8 Å². The van der Waals surface area contributed by atoms with Crippen molar-refractivity contribution in [1.29, 1.82) is 0 Å². The molecule has 2 heterocycles. The predicted molar refractivity (Wildman–Crippen MR) is 121 cm³/mol. The zero-order chi connectivity index (χ0) is 23.5. The quantitative estimate of drug-likeness (QED) is 0.250. The smallest absolute Gasteiger partial charge is 0.293 e. The molecular formula is C23H22N6O4. The third-order valence-electron chi connectivity index (χ3n) is 5.35. The summed E-state index contributed by atoms with van der Waals surface area (Å²) in [7, 11) is 5.13. The third kappa shape index (κ3) is 4.31. The Morgan fingerprint density at radius 3 is 2.33 bits per heavy atom. The fourth-order valence-electron chi connectivity index (χ4n) is 3.56. The first-order chi connectivity index (χ1) is 15.9. The molecule has 0 aliphatic heterocycles. The number of methoxy groups -OCH3 is 1. The molecule has 10 nitrogen and oxygen atoms in total. The lowest BCUT2D eigenvalue weighted by Gasteiger charge is -2.21. The van der Waals surface area contributed by atoms with Crippen LogP contribution in [-0.4, -0.2) is 36.9 Å². The van der Waals surface area contributed by atoms with Crippen LogP contribution < -0.4 is 10.1 Å². The van der Waals surface area contributed by atoms with E-state index in [1.165, 1.54) is 18.3 Å². The highest BCUT2D eigenvalue weighted by Crippen LogP contribution is 2.33. The summed E-state index contributed by atoms with van der Waals surface area (Å²) in [6.07, 6.45) is 6.61. The monoisotopic (exact) mass is 446 g/mol. The second-order valence-corrected chi connectivity index (χ2v) is 7.43. The minimum atomic E-state index is -0.513. The number of ketones is 1. The molecule has 0 saturated carbocycles. The van der Waals surface area contributed by atoms with Crippen LogP contribution in [0.2, 0.25) is 0 Å². The maximum atomic E-state index is 12.8. The third-order valence-corrected chi connectivity index (χ3v) is 5.35. The van der Waals surface area contributed by atoms with E-state index in [0.717, 1.165) is 5.56 Å². The van der Waals surface area contributed by atoms with Gasteiger partial charge in [-0.1, -0.05) is 12.1 Å². The lowest BCUT2D eigenvalue weighted by molar-refractivity contribution is -0.384. The van der Waals surface area contributed by atoms with E-state index in [2.05, 4.69) is 15.3 Å². The number of anilines is 1. The second-order valence-electron chi connectivity index (χ2n) is 7.43. The van der Waals surface area contributed by atoms with Gasteiger partial charge in [0.15, 0.2) is 5.82 Å². The molecule has 4 aromatic rings. The van der Waals surface area contributed by atoms with E-state index < -0.39 is 16.7 Å². The standard InChI is InChI=1S/C23H22N6O4/c1-27-12-10-24-22(27)20(15-4-7-17(33-3)8-5-15)26-18-9-6-16(14-19(18)29(31)32)21(30)23-25-11-13-28(23)2/h4-14,20,26H,1-3H3. The van der Waals surface area contributed by atoms with Crippen molar-refractivity contribution in [3.63, 3.8) is 0 Å². The van der Waals surface area contributed by atoms with Crippen LogP contribution in [-0.2, 0) is 14.1 Å². The molecule has 0 radical (unpaired) electrons. The molecule has 0 amide bonds. The molecule has 0 bridgehead atoms. The van der Waals surface area contributed by atoms with Crippen LogP contribution in [0.4, 0.5) is 11.4 Å². The second kappa shape index (κ2) is 8.95. The number of benzene rings is 2. The molecule has 0 spiro atoms. The molecule has 33 heavy (non-hydrogen) atoms. The van der Waals surface area contributed by atoms with E-state index in [4.69, 9.17) is 4.74 Å². The number of nitrogens with one attached hydrogen (secondary N) is 1. The van der Waals surface area contributed by atoms with Crippen molar-refractivity contribution in [1.82, 2.24) is 19.1 Å². The summed E-state index contributed by atoms with van der Waals surface area (Å²) in [5.74, 6) is 1.17. The van der Waals surface area contributed by atoms with Crippen molar-refractivity contribution in [2.75, 3.05) is 12.4 Å². The van der Waals surface area contributed by atoms with Crippen molar-refractivity contribution >= 4 is 17.2 Å². The topological polar surface area (TPSA) is 117 Å². The van der Waals surface area contributed by atoms with Crippen LogP contribution >= 0.6 is 0 Å². The van der Waals surface area contributed by atoms with Gasteiger partial charge in [0.25, 0.3) is 5.69 Å². The van der Waals surface area contributed by atoms with E-state index in [9.17, 15) is 14.9 Å². The zero-order valence-electron chi connectivity index (χ0n) is 18.3. The van der Waals surface area contributed by atoms with E-state index in [1.807, 2.05) is 35.9 Å². The highest BCUT2D eigenvalue weighted by atomic mass is 16.6. The molecule has 0 aliphatic carbocycles. The van der Waals surface area contributed by atoms with Crippen LogP contribution in [0.3, 0.4) is 0 Å². The molecule has 0 aliphatic rings. The molecule has 0 fully saturated rings. The normalized spacial score (nSPS) is 11.7. The Hall–Kier alpha value is -4.47. The van der Waals surface area contributed by atoms with Crippen LogP contribution in [0.1, 0.15) is 33.6 Å². The number of nitro benzene ring substituents is 1. The largest absolute Gasteiger partial charge is 0.497 e. The summed E-state index contributed by atoms with van der Waals surface area (Å²) < 4.78 is 8.65. The minimum absolute atomic E-state index is 0.180. The van der Waals surface area contributed by atoms with Crippen molar-refractivity contribution in [3.05, 3.63) is 100 Å². The van der Waals surface area contributed by atoms with Crippen LogP contribution in [0.5, 0.6) is 5.75 Å². The Morgan fingerprint density at radius 1 is 1.06 bits per heavy atom. The number of carbonyl (C=O) groups excluding carboxylic acids is 1. The van der Waals surface area contributed by atoms with Crippen molar-refractivity contribution in [2.24, 2.45) is 14.1 Å².